The molecule has 0 aliphatic carbocycles. The van der Waals surface area contributed by atoms with E-state index in [0.29, 0.717) is 5.69 Å². The van der Waals surface area contributed by atoms with Crippen LogP contribution < -0.4 is 5.32 Å². The second kappa shape index (κ2) is 5.53. The van der Waals surface area contributed by atoms with Crippen LogP contribution in [0.5, 0.6) is 0 Å². The summed E-state index contributed by atoms with van der Waals surface area (Å²) in [6.45, 7) is 1.83. The summed E-state index contributed by atoms with van der Waals surface area (Å²) in [7, 11) is 1.53. The number of nitrogens with zero attached hydrogens (tertiary/aromatic N) is 3. The van der Waals surface area contributed by atoms with E-state index >= 15 is 0 Å². The minimum atomic E-state index is -1.20. The number of carboxylic acids is 1. The van der Waals surface area contributed by atoms with Crippen molar-refractivity contribution < 1.29 is 14.7 Å². The lowest BCUT2D eigenvalue weighted by Crippen LogP contribution is -2.19. The van der Waals surface area contributed by atoms with Crippen LogP contribution in [0.1, 0.15) is 26.5 Å². The fourth-order valence-electron chi connectivity index (χ4n) is 2.46. The molecule has 0 aliphatic heterocycles. The van der Waals surface area contributed by atoms with Gasteiger partial charge in [-0.05, 0) is 19.1 Å². The number of carbonyl (C=O) groups is 2. The van der Waals surface area contributed by atoms with E-state index in [9.17, 15) is 9.59 Å². The summed E-state index contributed by atoms with van der Waals surface area (Å²) in [6.07, 6.45) is 1.16. The summed E-state index contributed by atoms with van der Waals surface area (Å²) < 4.78 is 1.25. The van der Waals surface area contributed by atoms with Gasteiger partial charge in [0.1, 0.15) is 11.3 Å². The minimum absolute atomic E-state index is 0.00366. The maximum atomic E-state index is 12.5. The summed E-state index contributed by atoms with van der Waals surface area (Å²) in [5.74, 6) is -1.72. The van der Waals surface area contributed by atoms with Crippen molar-refractivity contribution in [1.82, 2.24) is 14.8 Å². The van der Waals surface area contributed by atoms with Crippen LogP contribution >= 0.6 is 0 Å². The summed E-state index contributed by atoms with van der Waals surface area (Å²) in [5, 5.41) is 16.6. The molecule has 0 radical (unpaired) electrons. The van der Waals surface area contributed by atoms with Crippen LogP contribution in [0.15, 0.2) is 36.5 Å². The molecular formula is C16H14N4O3. The number of hydrogen-bond donors (Lipinski definition) is 2. The molecule has 116 valence electrons. The molecule has 23 heavy (non-hydrogen) atoms. The van der Waals surface area contributed by atoms with Gasteiger partial charge >= 0.3 is 5.97 Å². The van der Waals surface area contributed by atoms with Gasteiger partial charge in [-0.2, -0.15) is 5.10 Å². The third-order valence-electron chi connectivity index (χ3n) is 3.48. The number of anilines is 1. The molecule has 2 aromatic heterocycles. The molecule has 0 saturated carbocycles. The first kappa shape index (κ1) is 14.7. The van der Waals surface area contributed by atoms with Crippen LogP contribution in [-0.2, 0) is 7.05 Å². The number of aromatic nitrogens is 3. The molecule has 7 heteroatoms. The van der Waals surface area contributed by atoms with Gasteiger partial charge in [-0.3, -0.25) is 14.5 Å². The lowest BCUT2D eigenvalue weighted by atomic mass is 10.1. The van der Waals surface area contributed by atoms with Crippen molar-refractivity contribution in [3.05, 3.63) is 53.5 Å². The second-order valence-corrected chi connectivity index (χ2v) is 5.12. The average molecular weight is 310 g/mol. The molecule has 7 nitrogen and oxygen atoms in total. The summed E-state index contributed by atoms with van der Waals surface area (Å²) >= 11 is 0. The van der Waals surface area contributed by atoms with Gasteiger partial charge in [0.25, 0.3) is 5.91 Å². The Kier molecular flexibility index (Phi) is 3.53. The molecule has 0 unspecified atom stereocenters. The standard InChI is InChI=1S/C16H14N4O3/c1-9-7-13(10-5-3-4-6-12(10)18-9)19-15(21)14-11(16(22)23)8-17-20(14)2/h3-8H,1-2H3,(H,22,23)(H,18,19,21). The molecule has 0 spiro atoms. The molecule has 0 saturated heterocycles. The van der Waals surface area contributed by atoms with Crippen LogP contribution in [0.25, 0.3) is 10.9 Å². The second-order valence-electron chi connectivity index (χ2n) is 5.12. The fraction of sp³-hybridized carbons (Fsp3) is 0.125. The van der Waals surface area contributed by atoms with Crippen LogP contribution in [-0.4, -0.2) is 31.7 Å². The number of carboxylic acid groups (broad SMARTS) is 1. The van der Waals surface area contributed by atoms with Crippen molar-refractivity contribution in [1.29, 1.82) is 0 Å². The topological polar surface area (TPSA) is 97.1 Å². The van der Waals surface area contributed by atoms with Crippen molar-refractivity contribution in [3.8, 4) is 0 Å². The molecule has 3 aromatic rings. The van der Waals surface area contributed by atoms with E-state index in [1.165, 1.54) is 11.7 Å². The number of aryl methyl sites for hydroxylation is 2. The van der Waals surface area contributed by atoms with Gasteiger partial charge in [-0.15, -0.1) is 0 Å². The SMILES string of the molecule is Cc1cc(NC(=O)c2c(C(=O)O)cnn2C)c2ccccc2n1. The van der Waals surface area contributed by atoms with Crippen molar-refractivity contribution in [3.63, 3.8) is 0 Å². The number of amides is 1. The van der Waals surface area contributed by atoms with Gasteiger partial charge in [-0.25, -0.2) is 4.79 Å². The molecule has 2 heterocycles. The van der Waals surface area contributed by atoms with E-state index in [-0.39, 0.29) is 11.3 Å². The molecule has 2 N–H and O–H groups in total. The van der Waals surface area contributed by atoms with Crippen molar-refractivity contribution in [2.75, 3.05) is 5.32 Å². The molecule has 1 amide bonds. The zero-order chi connectivity index (χ0) is 16.6. The van der Waals surface area contributed by atoms with Crippen molar-refractivity contribution in [2.24, 2.45) is 7.05 Å². The van der Waals surface area contributed by atoms with Crippen LogP contribution in [0.3, 0.4) is 0 Å². The Morgan fingerprint density at radius 3 is 2.74 bits per heavy atom. The summed E-state index contributed by atoms with van der Waals surface area (Å²) in [5.41, 5.74) is 1.94. The van der Waals surface area contributed by atoms with Gasteiger partial charge in [0.2, 0.25) is 0 Å². The lowest BCUT2D eigenvalue weighted by molar-refractivity contribution is 0.0692. The van der Waals surface area contributed by atoms with E-state index in [4.69, 9.17) is 5.11 Å². The van der Waals surface area contributed by atoms with Crippen molar-refractivity contribution >= 4 is 28.5 Å². The van der Waals surface area contributed by atoms with E-state index in [0.717, 1.165) is 22.8 Å². The lowest BCUT2D eigenvalue weighted by Gasteiger charge is -2.10. The Morgan fingerprint density at radius 1 is 1.26 bits per heavy atom. The quantitative estimate of drug-likeness (QED) is 0.773. The summed E-state index contributed by atoms with van der Waals surface area (Å²) in [4.78, 5) is 28.1. The Bertz CT molecular complexity index is 930. The highest BCUT2D eigenvalue weighted by Crippen LogP contribution is 2.23. The third kappa shape index (κ3) is 2.64. The first-order valence-electron chi connectivity index (χ1n) is 6.90. The summed E-state index contributed by atoms with van der Waals surface area (Å²) in [6, 6.07) is 9.16. The number of pyridine rings is 1. The highest BCUT2D eigenvalue weighted by atomic mass is 16.4. The average Bonchev–Trinajstić information content (AvgIpc) is 2.89. The van der Waals surface area contributed by atoms with E-state index in [2.05, 4.69) is 15.4 Å². The molecular weight excluding hydrogens is 296 g/mol. The van der Waals surface area contributed by atoms with Gasteiger partial charge in [0.15, 0.2) is 0 Å². The number of rotatable bonds is 3. The first-order valence-corrected chi connectivity index (χ1v) is 6.90. The molecule has 0 aliphatic rings. The molecule has 0 atom stereocenters. The zero-order valence-electron chi connectivity index (χ0n) is 12.6. The smallest absolute Gasteiger partial charge is 0.339 e. The minimum Gasteiger partial charge on any atom is -0.478 e. The largest absolute Gasteiger partial charge is 0.478 e. The fourth-order valence-corrected chi connectivity index (χ4v) is 2.46. The normalized spacial score (nSPS) is 10.7. The number of aromatic carboxylic acids is 1. The number of hydrogen-bond acceptors (Lipinski definition) is 4. The predicted molar refractivity (Wildman–Crippen MR) is 84.6 cm³/mol. The number of carbonyl (C=O) groups excluding carboxylic acids is 1. The molecule has 1 aromatic carbocycles. The Balaban J connectivity index is 2.05. The van der Waals surface area contributed by atoms with E-state index in [1.54, 1.807) is 6.07 Å². The molecule has 3 rings (SSSR count). The molecule has 0 bridgehead atoms. The maximum Gasteiger partial charge on any atom is 0.339 e. The monoisotopic (exact) mass is 310 g/mol. The maximum absolute atomic E-state index is 12.5. The Labute approximate surface area is 131 Å². The number of nitrogens with one attached hydrogen (secondary N) is 1. The highest BCUT2D eigenvalue weighted by molar-refractivity contribution is 6.12. The first-order chi connectivity index (χ1) is 11.0. The molecule has 0 fully saturated rings. The van der Waals surface area contributed by atoms with Gasteiger partial charge in [-0.1, -0.05) is 18.2 Å². The van der Waals surface area contributed by atoms with Gasteiger partial charge in [0.05, 0.1) is 17.4 Å². The Hall–Kier alpha value is -3.22. The Morgan fingerprint density at radius 2 is 2.00 bits per heavy atom. The highest BCUT2D eigenvalue weighted by Gasteiger charge is 2.22. The van der Waals surface area contributed by atoms with Gasteiger partial charge in [0, 0.05) is 18.1 Å². The number of benzene rings is 1. The number of fused-ring (bicyclic) bond motifs is 1. The van der Waals surface area contributed by atoms with E-state index < -0.39 is 11.9 Å². The number of para-hydroxylation sites is 1. The van der Waals surface area contributed by atoms with Crippen molar-refractivity contribution in [2.45, 2.75) is 6.92 Å². The van der Waals surface area contributed by atoms with E-state index in [1.807, 2.05) is 31.2 Å². The van der Waals surface area contributed by atoms with Crippen LogP contribution in [0.2, 0.25) is 0 Å². The third-order valence-corrected chi connectivity index (χ3v) is 3.48. The van der Waals surface area contributed by atoms with Crippen LogP contribution in [0, 0.1) is 6.92 Å². The van der Waals surface area contributed by atoms with Crippen LogP contribution in [0.4, 0.5) is 5.69 Å². The predicted octanol–water partition coefficient (Wildman–Crippen LogP) is 2.23. The van der Waals surface area contributed by atoms with Gasteiger partial charge < -0.3 is 10.4 Å². The zero-order valence-corrected chi connectivity index (χ0v) is 12.6.